The van der Waals surface area contributed by atoms with Crippen molar-refractivity contribution in [2.75, 3.05) is 25.5 Å². The molecule has 1 amide bonds. The van der Waals surface area contributed by atoms with E-state index in [4.69, 9.17) is 0 Å². The number of benzene rings is 1. The lowest BCUT2D eigenvalue weighted by Crippen LogP contribution is -2.40. The molecule has 0 radical (unpaired) electrons. The quantitative estimate of drug-likeness (QED) is 0.487. The van der Waals surface area contributed by atoms with Gasteiger partial charge in [-0.25, -0.2) is 19.3 Å². The Bertz CT molecular complexity index is 1240. The number of nitrogens with zero attached hydrogens (tertiary/aromatic N) is 5. The van der Waals surface area contributed by atoms with Crippen LogP contribution in [0.5, 0.6) is 0 Å². The third kappa shape index (κ3) is 4.41. The first-order valence-electron chi connectivity index (χ1n) is 10.0. The standard InChI is InChI=1S/C21H21FN6OS2/c1-27-8-5-13(15(22)12-27)9-18(29)26-21-25-16-4-3-14(10-17(16)31-21)30-19-11-24-20-23-6-2-7-28(19)20/h2-4,6-7,10-11,13,15H,5,8-9,12H2,1H3,(H,25,26,29). The fourth-order valence-electron chi connectivity index (χ4n) is 3.77. The summed E-state index contributed by atoms with van der Waals surface area (Å²) < 4.78 is 17.1. The van der Waals surface area contributed by atoms with Crippen molar-refractivity contribution in [3.8, 4) is 0 Å². The highest BCUT2D eigenvalue weighted by Crippen LogP contribution is 2.34. The first kappa shape index (κ1) is 20.3. The van der Waals surface area contributed by atoms with E-state index in [0.29, 0.717) is 23.9 Å². The van der Waals surface area contributed by atoms with Gasteiger partial charge in [0.05, 0.1) is 16.4 Å². The Morgan fingerprint density at radius 3 is 3.16 bits per heavy atom. The summed E-state index contributed by atoms with van der Waals surface area (Å²) in [5.41, 5.74) is 0.826. The van der Waals surface area contributed by atoms with Crippen LogP contribution >= 0.6 is 23.1 Å². The van der Waals surface area contributed by atoms with E-state index in [0.717, 1.165) is 26.7 Å². The molecule has 0 spiro atoms. The number of likely N-dealkylation sites (tertiary alicyclic amines) is 1. The number of anilines is 1. The zero-order valence-electron chi connectivity index (χ0n) is 16.9. The summed E-state index contributed by atoms with van der Waals surface area (Å²) in [7, 11) is 1.91. The summed E-state index contributed by atoms with van der Waals surface area (Å²) in [4.78, 5) is 28.5. The number of nitrogens with one attached hydrogen (secondary N) is 1. The molecule has 1 aliphatic heterocycles. The van der Waals surface area contributed by atoms with E-state index in [2.05, 4.69) is 26.3 Å². The zero-order valence-corrected chi connectivity index (χ0v) is 18.5. The summed E-state index contributed by atoms with van der Waals surface area (Å²) in [6, 6.07) is 7.87. The highest BCUT2D eigenvalue weighted by atomic mass is 32.2. The van der Waals surface area contributed by atoms with Crippen LogP contribution in [0, 0.1) is 5.92 Å². The molecule has 5 rings (SSSR count). The lowest BCUT2D eigenvalue weighted by atomic mass is 9.92. The summed E-state index contributed by atoms with van der Waals surface area (Å²) in [6.07, 6.45) is 5.38. The molecule has 1 aromatic carbocycles. The van der Waals surface area contributed by atoms with Gasteiger partial charge in [-0.1, -0.05) is 23.1 Å². The van der Waals surface area contributed by atoms with Crippen molar-refractivity contribution < 1.29 is 9.18 Å². The van der Waals surface area contributed by atoms with Gasteiger partial charge in [0.15, 0.2) is 5.13 Å². The number of amides is 1. The van der Waals surface area contributed by atoms with E-state index in [1.54, 1.807) is 24.2 Å². The van der Waals surface area contributed by atoms with Crippen molar-refractivity contribution >= 4 is 50.1 Å². The number of alkyl halides is 1. The van der Waals surface area contributed by atoms with E-state index in [1.807, 2.05) is 40.7 Å². The number of hydrogen-bond acceptors (Lipinski definition) is 7. The summed E-state index contributed by atoms with van der Waals surface area (Å²) in [5.74, 6) is 0.256. The minimum Gasteiger partial charge on any atom is -0.303 e. The Labute approximate surface area is 186 Å². The highest BCUT2D eigenvalue weighted by Gasteiger charge is 2.29. The number of aromatic nitrogens is 4. The van der Waals surface area contributed by atoms with Crippen LogP contribution in [-0.4, -0.2) is 56.5 Å². The molecule has 31 heavy (non-hydrogen) atoms. The van der Waals surface area contributed by atoms with Crippen molar-refractivity contribution in [2.24, 2.45) is 5.92 Å². The molecule has 0 bridgehead atoms. The largest absolute Gasteiger partial charge is 0.303 e. The van der Waals surface area contributed by atoms with Crippen LogP contribution < -0.4 is 5.32 Å². The topological polar surface area (TPSA) is 75.4 Å². The first-order chi connectivity index (χ1) is 15.0. The molecule has 7 nitrogen and oxygen atoms in total. The Morgan fingerprint density at radius 1 is 1.39 bits per heavy atom. The maximum Gasteiger partial charge on any atom is 0.234 e. The SMILES string of the molecule is CN1CCC(CC(=O)Nc2nc3ccc(Sc4cnc5ncccn45)cc3s2)C(F)C1. The molecule has 160 valence electrons. The number of rotatable bonds is 5. The van der Waals surface area contributed by atoms with E-state index in [9.17, 15) is 9.18 Å². The van der Waals surface area contributed by atoms with Crippen LogP contribution in [0.1, 0.15) is 12.8 Å². The number of fused-ring (bicyclic) bond motifs is 2. The van der Waals surface area contributed by atoms with Crippen molar-refractivity contribution in [3.05, 3.63) is 42.9 Å². The second-order valence-electron chi connectivity index (χ2n) is 7.72. The van der Waals surface area contributed by atoms with Crippen LogP contribution in [0.2, 0.25) is 0 Å². The van der Waals surface area contributed by atoms with Crippen LogP contribution in [0.25, 0.3) is 16.0 Å². The van der Waals surface area contributed by atoms with Gasteiger partial charge in [-0.3, -0.25) is 9.20 Å². The number of halogens is 1. The molecule has 0 saturated carbocycles. The van der Waals surface area contributed by atoms with Crippen LogP contribution in [0.4, 0.5) is 9.52 Å². The molecule has 10 heteroatoms. The molecular formula is C21H21FN6OS2. The van der Waals surface area contributed by atoms with Crippen molar-refractivity contribution in [2.45, 2.75) is 28.9 Å². The van der Waals surface area contributed by atoms with Gasteiger partial charge in [0, 0.05) is 36.2 Å². The van der Waals surface area contributed by atoms with Gasteiger partial charge in [0.2, 0.25) is 11.7 Å². The highest BCUT2D eigenvalue weighted by molar-refractivity contribution is 7.99. The van der Waals surface area contributed by atoms with Gasteiger partial charge in [-0.2, -0.15) is 0 Å². The smallest absolute Gasteiger partial charge is 0.234 e. The molecule has 1 N–H and O–H groups in total. The Morgan fingerprint density at radius 2 is 2.29 bits per heavy atom. The van der Waals surface area contributed by atoms with Crippen molar-refractivity contribution in [1.82, 2.24) is 24.3 Å². The van der Waals surface area contributed by atoms with Gasteiger partial charge >= 0.3 is 0 Å². The minimum atomic E-state index is -0.964. The molecule has 3 aromatic heterocycles. The normalized spacial score (nSPS) is 19.8. The number of carbonyl (C=O) groups is 1. The lowest BCUT2D eigenvalue weighted by Gasteiger charge is -2.31. The van der Waals surface area contributed by atoms with Crippen LogP contribution in [-0.2, 0) is 4.79 Å². The number of thiazole rings is 1. The maximum atomic E-state index is 14.2. The average Bonchev–Trinajstić information content (AvgIpc) is 3.33. The molecule has 1 fully saturated rings. The average molecular weight is 457 g/mol. The molecule has 2 atom stereocenters. The first-order valence-corrected chi connectivity index (χ1v) is 11.7. The predicted molar refractivity (Wildman–Crippen MR) is 120 cm³/mol. The van der Waals surface area contributed by atoms with E-state index in [1.165, 1.54) is 11.3 Å². The Kier molecular flexibility index (Phi) is 5.59. The summed E-state index contributed by atoms with van der Waals surface area (Å²) in [6.45, 7) is 1.21. The fraction of sp³-hybridized carbons (Fsp3) is 0.333. The molecule has 1 aliphatic rings. The fourth-order valence-corrected chi connectivity index (χ4v) is 5.66. The maximum absolute atomic E-state index is 14.2. The molecule has 4 aromatic rings. The van der Waals surface area contributed by atoms with Gasteiger partial charge in [-0.05, 0) is 44.3 Å². The third-order valence-corrected chi connectivity index (χ3v) is 7.34. The molecule has 2 unspecified atom stereocenters. The van der Waals surface area contributed by atoms with E-state index >= 15 is 0 Å². The number of imidazole rings is 1. The van der Waals surface area contributed by atoms with Gasteiger partial charge in [0.25, 0.3) is 0 Å². The zero-order chi connectivity index (χ0) is 21.4. The second-order valence-corrected chi connectivity index (χ2v) is 9.84. The summed E-state index contributed by atoms with van der Waals surface area (Å²) in [5, 5.41) is 4.38. The Balaban J connectivity index is 1.27. The Hall–Kier alpha value is -2.56. The molecule has 0 aliphatic carbocycles. The molecule has 4 heterocycles. The number of piperidine rings is 1. The predicted octanol–water partition coefficient (Wildman–Crippen LogP) is 4.11. The van der Waals surface area contributed by atoms with Crippen LogP contribution in [0.15, 0.2) is 52.8 Å². The number of carbonyl (C=O) groups excluding carboxylic acids is 1. The van der Waals surface area contributed by atoms with E-state index in [-0.39, 0.29) is 18.2 Å². The van der Waals surface area contributed by atoms with Crippen molar-refractivity contribution in [1.29, 1.82) is 0 Å². The second kappa shape index (κ2) is 8.52. The minimum absolute atomic E-state index is 0.177. The van der Waals surface area contributed by atoms with Gasteiger partial charge in [-0.15, -0.1) is 0 Å². The molecule has 1 saturated heterocycles. The third-order valence-electron chi connectivity index (χ3n) is 5.41. The van der Waals surface area contributed by atoms with Gasteiger partial charge < -0.3 is 10.2 Å². The van der Waals surface area contributed by atoms with Crippen LogP contribution in [0.3, 0.4) is 0 Å². The summed E-state index contributed by atoms with van der Waals surface area (Å²) >= 11 is 3.02. The number of hydrogen-bond donors (Lipinski definition) is 1. The lowest BCUT2D eigenvalue weighted by molar-refractivity contribution is -0.118. The van der Waals surface area contributed by atoms with E-state index < -0.39 is 6.17 Å². The molecular weight excluding hydrogens is 435 g/mol. The van der Waals surface area contributed by atoms with Crippen molar-refractivity contribution in [3.63, 3.8) is 0 Å². The van der Waals surface area contributed by atoms with Gasteiger partial charge in [0.1, 0.15) is 11.2 Å². The monoisotopic (exact) mass is 456 g/mol.